The van der Waals surface area contributed by atoms with E-state index in [0.717, 1.165) is 26.3 Å². The first-order valence-corrected chi connectivity index (χ1v) is 6.97. The average molecular weight is 235 g/mol. The minimum absolute atomic E-state index is 0.168. The average Bonchev–Trinajstić information content (AvgIpc) is 2.33. The summed E-state index contributed by atoms with van der Waals surface area (Å²) in [6.07, 6.45) is 0. The lowest BCUT2D eigenvalue weighted by atomic mass is 10.4. The Balaban J connectivity index is 2.65. The molecule has 0 N–H and O–H groups in total. The first-order valence-electron chi connectivity index (χ1n) is 5.17. The van der Waals surface area contributed by atoms with Crippen molar-refractivity contribution in [3.05, 3.63) is 0 Å². The third-order valence-electron chi connectivity index (χ3n) is 2.96. The second-order valence-corrected chi connectivity index (χ2v) is 6.81. The number of hydrogen-bond acceptors (Lipinski definition) is 5. The molecule has 6 heteroatoms. The second-order valence-electron chi connectivity index (χ2n) is 3.54. The van der Waals surface area contributed by atoms with E-state index in [4.69, 9.17) is 18.0 Å². The zero-order valence-electron chi connectivity index (χ0n) is 9.99. The fourth-order valence-electron chi connectivity index (χ4n) is 1.95. The molecule has 1 unspecified atom stereocenters. The molecule has 0 radical (unpaired) electrons. The summed E-state index contributed by atoms with van der Waals surface area (Å²) in [4.78, 5) is 2.30. The van der Waals surface area contributed by atoms with Crippen molar-refractivity contribution in [3.8, 4) is 0 Å². The molecule has 1 rings (SSSR count). The Morgan fingerprint density at radius 2 is 1.53 bits per heavy atom. The maximum Gasteiger partial charge on any atom is 0.517 e. The third-order valence-corrected chi connectivity index (χ3v) is 6.05. The molecule has 1 fully saturated rings. The highest BCUT2D eigenvalue weighted by Crippen LogP contribution is 2.18. The smallest absolute Gasteiger partial charge is 0.379 e. The molecule has 0 amide bonds. The summed E-state index contributed by atoms with van der Waals surface area (Å²) in [7, 11) is 2.41. The summed E-state index contributed by atoms with van der Waals surface area (Å²) >= 11 is 0. The molecule has 5 nitrogen and oxygen atoms in total. The quantitative estimate of drug-likeness (QED) is 0.633. The molecule has 0 aromatic carbocycles. The van der Waals surface area contributed by atoms with Gasteiger partial charge in [0.1, 0.15) is 0 Å². The molecule has 1 saturated heterocycles. The fourth-order valence-corrected chi connectivity index (χ4v) is 4.18. The van der Waals surface area contributed by atoms with Crippen molar-refractivity contribution in [2.45, 2.75) is 12.6 Å². The molecule has 1 heterocycles. The van der Waals surface area contributed by atoms with Crippen molar-refractivity contribution >= 4 is 8.80 Å². The van der Waals surface area contributed by atoms with Crippen molar-refractivity contribution in [2.75, 3.05) is 47.6 Å². The molecular weight excluding hydrogens is 214 g/mol. The molecule has 0 saturated carbocycles. The first-order chi connectivity index (χ1) is 7.20. The van der Waals surface area contributed by atoms with Gasteiger partial charge in [0.25, 0.3) is 0 Å². The van der Waals surface area contributed by atoms with Crippen LogP contribution < -0.4 is 0 Å². The Hall–Kier alpha value is 0.0169. The number of rotatable bonds is 5. The van der Waals surface area contributed by atoms with E-state index in [-0.39, 0.29) is 5.67 Å². The number of nitrogens with zero attached hydrogens (tertiary/aromatic N) is 1. The van der Waals surface area contributed by atoms with E-state index in [1.54, 1.807) is 21.3 Å². The molecule has 0 aromatic rings. The Kier molecular flexibility index (Phi) is 5.17. The maximum absolute atomic E-state index is 5.46. The van der Waals surface area contributed by atoms with E-state index in [2.05, 4.69) is 11.8 Å². The van der Waals surface area contributed by atoms with Gasteiger partial charge in [-0.3, -0.25) is 4.90 Å². The normalized spacial score (nSPS) is 21.6. The van der Waals surface area contributed by atoms with Crippen LogP contribution in [-0.2, 0) is 18.0 Å². The Labute approximate surface area is 92.6 Å². The summed E-state index contributed by atoms with van der Waals surface area (Å²) in [6, 6.07) is 0. The van der Waals surface area contributed by atoms with E-state index >= 15 is 0 Å². The first kappa shape index (κ1) is 13.1. The maximum atomic E-state index is 5.46. The van der Waals surface area contributed by atoms with Crippen LogP contribution >= 0.6 is 0 Å². The largest absolute Gasteiger partial charge is 0.517 e. The van der Waals surface area contributed by atoms with Gasteiger partial charge in [-0.1, -0.05) is 0 Å². The lowest BCUT2D eigenvalue weighted by Crippen LogP contribution is -2.61. The lowest BCUT2D eigenvalue weighted by Gasteiger charge is -2.39. The number of ether oxygens (including phenoxy) is 1. The molecule has 0 aromatic heterocycles. The van der Waals surface area contributed by atoms with Gasteiger partial charge in [0.05, 0.1) is 18.9 Å². The van der Waals surface area contributed by atoms with Gasteiger partial charge in [-0.2, -0.15) is 0 Å². The van der Waals surface area contributed by atoms with Crippen LogP contribution in [0.15, 0.2) is 0 Å². The zero-order valence-corrected chi connectivity index (χ0v) is 11.0. The molecular formula is C9H21NO4Si. The van der Waals surface area contributed by atoms with Crippen molar-refractivity contribution in [3.63, 3.8) is 0 Å². The van der Waals surface area contributed by atoms with E-state index in [1.165, 1.54) is 0 Å². The van der Waals surface area contributed by atoms with E-state index in [0.29, 0.717) is 0 Å². The van der Waals surface area contributed by atoms with E-state index < -0.39 is 8.80 Å². The van der Waals surface area contributed by atoms with Crippen molar-refractivity contribution < 1.29 is 18.0 Å². The van der Waals surface area contributed by atoms with E-state index in [9.17, 15) is 0 Å². The van der Waals surface area contributed by atoms with Gasteiger partial charge in [0.15, 0.2) is 0 Å². The Morgan fingerprint density at radius 1 is 1.07 bits per heavy atom. The van der Waals surface area contributed by atoms with Gasteiger partial charge in [-0.25, -0.2) is 0 Å². The molecule has 0 aliphatic carbocycles. The van der Waals surface area contributed by atoms with Gasteiger partial charge in [0.2, 0.25) is 0 Å². The summed E-state index contributed by atoms with van der Waals surface area (Å²) < 4.78 is 21.7. The molecule has 0 spiro atoms. The second kappa shape index (κ2) is 5.93. The standard InChI is InChI=1S/C9H21NO4Si/c1-9(10-5-7-14-8-6-10)15(11-2,12-3)13-4/h9H,5-8H2,1-4H3. The van der Waals surface area contributed by atoms with Gasteiger partial charge >= 0.3 is 8.80 Å². The van der Waals surface area contributed by atoms with Crippen LogP contribution in [0.25, 0.3) is 0 Å². The van der Waals surface area contributed by atoms with E-state index in [1.807, 2.05) is 0 Å². The summed E-state index contributed by atoms with van der Waals surface area (Å²) in [6.45, 7) is 5.45. The predicted octanol–water partition coefficient (Wildman–Crippen LogP) is 0.124. The van der Waals surface area contributed by atoms with Crippen molar-refractivity contribution in [2.24, 2.45) is 0 Å². The van der Waals surface area contributed by atoms with Crippen LogP contribution in [0.4, 0.5) is 0 Å². The SMILES string of the molecule is CO[Si](OC)(OC)C(C)N1CCOCC1. The molecule has 90 valence electrons. The van der Waals surface area contributed by atoms with Crippen LogP contribution in [0.5, 0.6) is 0 Å². The predicted molar refractivity (Wildman–Crippen MR) is 58.6 cm³/mol. The molecule has 1 atom stereocenters. The minimum Gasteiger partial charge on any atom is -0.379 e. The van der Waals surface area contributed by atoms with Crippen LogP contribution in [0.1, 0.15) is 6.92 Å². The minimum atomic E-state index is -2.54. The Morgan fingerprint density at radius 3 is 1.93 bits per heavy atom. The van der Waals surface area contributed by atoms with Crippen LogP contribution in [0.3, 0.4) is 0 Å². The van der Waals surface area contributed by atoms with Crippen molar-refractivity contribution in [1.29, 1.82) is 0 Å². The number of morpholine rings is 1. The lowest BCUT2D eigenvalue weighted by molar-refractivity contribution is 0.00871. The number of hydrogen-bond donors (Lipinski definition) is 0. The summed E-state index contributed by atoms with van der Waals surface area (Å²) in [5.41, 5.74) is 0.168. The monoisotopic (exact) mass is 235 g/mol. The van der Waals surface area contributed by atoms with Gasteiger partial charge in [0, 0.05) is 34.4 Å². The van der Waals surface area contributed by atoms with Crippen LogP contribution in [0.2, 0.25) is 0 Å². The Bertz CT molecular complexity index is 175. The topological polar surface area (TPSA) is 40.2 Å². The molecule has 15 heavy (non-hydrogen) atoms. The highest BCUT2D eigenvalue weighted by Gasteiger charge is 2.47. The van der Waals surface area contributed by atoms with Crippen LogP contribution in [0, 0.1) is 0 Å². The third kappa shape index (κ3) is 2.77. The molecule has 0 bridgehead atoms. The van der Waals surface area contributed by atoms with Gasteiger partial charge < -0.3 is 18.0 Å². The highest BCUT2D eigenvalue weighted by atomic mass is 28.4. The summed E-state index contributed by atoms with van der Waals surface area (Å²) in [5, 5.41) is 0. The zero-order chi connectivity index (χ0) is 11.3. The van der Waals surface area contributed by atoms with Crippen molar-refractivity contribution in [1.82, 2.24) is 4.90 Å². The van der Waals surface area contributed by atoms with Gasteiger partial charge in [-0.15, -0.1) is 0 Å². The van der Waals surface area contributed by atoms with Gasteiger partial charge in [-0.05, 0) is 6.92 Å². The molecule has 1 aliphatic heterocycles. The van der Waals surface area contributed by atoms with Crippen LogP contribution in [-0.4, -0.2) is 67.0 Å². The highest BCUT2D eigenvalue weighted by molar-refractivity contribution is 6.62. The molecule has 1 aliphatic rings. The fraction of sp³-hybridized carbons (Fsp3) is 1.00. The summed E-state index contributed by atoms with van der Waals surface area (Å²) in [5.74, 6) is 0.